The maximum atomic E-state index is 13.7. The zero-order valence-corrected chi connectivity index (χ0v) is 12.6. The molecule has 0 spiro atoms. The van der Waals surface area contributed by atoms with E-state index in [0.29, 0.717) is 5.56 Å². The molecule has 1 N–H and O–H groups in total. The minimum atomic E-state index is -0.175. The molecular formula is C16H14FNS2. The quantitative estimate of drug-likeness (QED) is 0.675. The van der Waals surface area contributed by atoms with E-state index in [0.717, 1.165) is 5.69 Å². The van der Waals surface area contributed by atoms with Crippen molar-refractivity contribution in [1.29, 1.82) is 0 Å². The highest BCUT2D eigenvalue weighted by atomic mass is 32.1. The molecule has 4 heteroatoms. The Bertz CT molecular complexity index is 640. The Labute approximate surface area is 125 Å². The van der Waals surface area contributed by atoms with Gasteiger partial charge in [0.1, 0.15) is 5.82 Å². The Balaban J connectivity index is 1.97. The van der Waals surface area contributed by atoms with Crippen LogP contribution >= 0.6 is 22.7 Å². The highest BCUT2D eigenvalue weighted by molar-refractivity contribution is 7.11. The lowest BCUT2D eigenvalue weighted by Gasteiger charge is -2.19. The molecule has 102 valence electrons. The topological polar surface area (TPSA) is 12.0 Å². The first-order valence-corrected chi connectivity index (χ1v) is 8.10. The predicted octanol–water partition coefficient (Wildman–Crippen LogP) is 5.46. The third kappa shape index (κ3) is 2.62. The normalized spacial score (nSPS) is 10.9. The molecule has 0 aliphatic heterocycles. The average Bonchev–Trinajstić information content (AvgIpc) is 3.13. The summed E-state index contributed by atoms with van der Waals surface area (Å²) in [5.74, 6) is -0.175. The fourth-order valence-electron chi connectivity index (χ4n) is 2.11. The second kappa shape index (κ2) is 5.77. The maximum Gasteiger partial charge on any atom is 0.128 e. The predicted molar refractivity (Wildman–Crippen MR) is 85.2 cm³/mol. The van der Waals surface area contributed by atoms with E-state index in [1.807, 2.05) is 18.2 Å². The molecule has 0 aliphatic rings. The number of benzene rings is 1. The van der Waals surface area contributed by atoms with E-state index in [1.54, 1.807) is 35.7 Å². The molecule has 2 aromatic heterocycles. The summed E-state index contributed by atoms with van der Waals surface area (Å²) in [7, 11) is 0. The summed E-state index contributed by atoms with van der Waals surface area (Å²) in [5.41, 5.74) is 1.50. The first-order chi connectivity index (χ1) is 9.75. The average molecular weight is 303 g/mol. The van der Waals surface area contributed by atoms with Gasteiger partial charge in [-0.1, -0.05) is 18.2 Å². The van der Waals surface area contributed by atoms with Gasteiger partial charge in [-0.25, -0.2) is 4.39 Å². The van der Waals surface area contributed by atoms with E-state index in [4.69, 9.17) is 0 Å². The molecule has 2 heterocycles. The number of nitrogens with one attached hydrogen (secondary N) is 1. The molecule has 20 heavy (non-hydrogen) atoms. The van der Waals surface area contributed by atoms with E-state index in [2.05, 4.69) is 28.2 Å². The number of rotatable bonds is 4. The van der Waals surface area contributed by atoms with Crippen LogP contribution in [0.5, 0.6) is 0 Å². The number of hydrogen-bond donors (Lipinski definition) is 1. The van der Waals surface area contributed by atoms with E-state index in [9.17, 15) is 4.39 Å². The van der Waals surface area contributed by atoms with Crippen LogP contribution in [0.1, 0.15) is 21.4 Å². The minimum Gasteiger partial charge on any atom is -0.372 e. The highest BCUT2D eigenvalue weighted by Crippen LogP contribution is 2.33. The molecule has 3 rings (SSSR count). The number of thiophene rings is 2. The van der Waals surface area contributed by atoms with Gasteiger partial charge in [0.15, 0.2) is 0 Å². The van der Waals surface area contributed by atoms with Gasteiger partial charge in [-0.3, -0.25) is 0 Å². The van der Waals surface area contributed by atoms with Gasteiger partial charge in [-0.15, -0.1) is 22.7 Å². The second-order valence-electron chi connectivity index (χ2n) is 4.52. The van der Waals surface area contributed by atoms with Gasteiger partial charge in [0.25, 0.3) is 0 Å². The lowest BCUT2D eigenvalue weighted by molar-refractivity contribution is 0.619. The van der Waals surface area contributed by atoms with Crippen molar-refractivity contribution in [2.75, 3.05) is 5.32 Å². The number of halogens is 1. The number of hydrogen-bond acceptors (Lipinski definition) is 3. The molecule has 0 bridgehead atoms. The molecule has 0 aliphatic carbocycles. The summed E-state index contributed by atoms with van der Waals surface area (Å²) in [5, 5.41) is 7.60. The van der Waals surface area contributed by atoms with Gasteiger partial charge in [0.2, 0.25) is 0 Å². The van der Waals surface area contributed by atoms with Crippen LogP contribution in [0, 0.1) is 12.7 Å². The standard InChI is InChI=1S/C16H14FNS2/c1-11-12(17)5-2-6-13(11)18-16(14-7-3-9-19-14)15-8-4-10-20-15/h2-10,16,18H,1H3. The molecule has 0 fully saturated rings. The molecule has 3 aromatic rings. The summed E-state index contributed by atoms with van der Waals surface area (Å²) in [6.45, 7) is 1.80. The highest BCUT2D eigenvalue weighted by Gasteiger charge is 2.17. The Kier molecular flexibility index (Phi) is 3.85. The molecule has 1 aromatic carbocycles. The Hall–Kier alpha value is -1.65. The third-order valence-electron chi connectivity index (χ3n) is 3.22. The Morgan fingerprint density at radius 1 is 0.950 bits per heavy atom. The first kappa shape index (κ1) is 13.3. The van der Waals surface area contributed by atoms with E-state index in [-0.39, 0.29) is 11.9 Å². The fourth-order valence-corrected chi connectivity index (χ4v) is 3.77. The van der Waals surface area contributed by atoms with Crippen molar-refractivity contribution in [3.63, 3.8) is 0 Å². The molecule has 0 unspecified atom stereocenters. The van der Waals surface area contributed by atoms with Crippen LogP contribution in [0.15, 0.2) is 53.2 Å². The van der Waals surface area contributed by atoms with E-state index < -0.39 is 0 Å². The SMILES string of the molecule is Cc1c(F)cccc1NC(c1cccs1)c1cccs1. The van der Waals surface area contributed by atoms with Crippen LogP contribution in [0.25, 0.3) is 0 Å². The van der Waals surface area contributed by atoms with Crippen molar-refractivity contribution in [2.24, 2.45) is 0 Å². The van der Waals surface area contributed by atoms with E-state index >= 15 is 0 Å². The maximum absolute atomic E-state index is 13.7. The zero-order chi connectivity index (χ0) is 13.9. The largest absolute Gasteiger partial charge is 0.372 e. The zero-order valence-electron chi connectivity index (χ0n) is 11.0. The van der Waals surface area contributed by atoms with Crippen LogP contribution in [0.3, 0.4) is 0 Å². The van der Waals surface area contributed by atoms with Crippen molar-refractivity contribution >= 4 is 28.4 Å². The van der Waals surface area contributed by atoms with Crippen LogP contribution in [-0.4, -0.2) is 0 Å². The van der Waals surface area contributed by atoms with Crippen molar-refractivity contribution in [3.05, 3.63) is 74.4 Å². The van der Waals surface area contributed by atoms with Gasteiger partial charge in [-0.05, 0) is 41.9 Å². The van der Waals surface area contributed by atoms with Crippen LogP contribution in [0.4, 0.5) is 10.1 Å². The van der Waals surface area contributed by atoms with Crippen molar-refractivity contribution in [1.82, 2.24) is 0 Å². The van der Waals surface area contributed by atoms with Crippen LogP contribution < -0.4 is 5.32 Å². The summed E-state index contributed by atoms with van der Waals surface area (Å²) >= 11 is 3.42. The van der Waals surface area contributed by atoms with Gasteiger partial charge in [0.05, 0.1) is 6.04 Å². The van der Waals surface area contributed by atoms with Crippen LogP contribution in [0.2, 0.25) is 0 Å². The van der Waals surface area contributed by atoms with E-state index in [1.165, 1.54) is 15.8 Å². The monoisotopic (exact) mass is 303 g/mol. The fraction of sp³-hybridized carbons (Fsp3) is 0.125. The lowest BCUT2D eigenvalue weighted by atomic mass is 10.1. The lowest BCUT2D eigenvalue weighted by Crippen LogP contribution is -2.10. The molecule has 0 amide bonds. The Morgan fingerprint density at radius 3 is 2.15 bits per heavy atom. The number of anilines is 1. The molecule has 0 radical (unpaired) electrons. The minimum absolute atomic E-state index is 0.0792. The molecule has 0 saturated carbocycles. The molecule has 0 saturated heterocycles. The third-order valence-corrected chi connectivity index (χ3v) is 5.10. The molecule has 1 nitrogen and oxygen atoms in total. The molecular weight excluding hydrogens is 289 g/mol. The first-order valence-electron chi connectivity index (χ1n) is 6.34. The van der Waals surface area contributed by atoms with Crippen molar-refractivity contribution < 1.29 is 4.39 Å². The smallest absolute Gasteiger partial charge is 0.128 e. The summed E-state index contributed by atoms with van der Waals surface area (Å²) in [6.07, 6.45) is 0. The van der Waals surface area contributed by atoms with Crippen molar-refractivity contribution in [3.8, 4) is 0 Å². The van der Waals surface area contributed by atoms with Gasteiger partial charge in [-0.2, -0.15) is 0 Å². The summed E-state index contributed by atoms with van der Waals surface area (Å²) < 4.78 is 13.7. The summed E-state index contributed by atoms with van der Waals surface area (Å²) in [4.78, 5) is 2.47. The van der Waals surface area contributed by atoms with Crippen LogP contribution in [-0.2, 0) is 0 Å². The van der Waals surface area contributed by atoms with Gasteiger partial charge >= 0.3 is 0 Å². The van der Waals surface area contributed by atoms with Crippen molar-refractivity contribution in [2.45, 2.75) is 13.0 Å². The van der Waals surface area contributed by atoms with Gasteiger partial charge in [0, 0.05) is 21.0 Å². The summed E-state index contributed by atoms with van der Waals surface area (Å²) in [6, 6.07) is 13.5. The van der Waals surface area contributed by atoms with Gasteiger partial charge < -0.3 is 5.32 Å². The molecule has 0 atom stereocenters. The second-order valence-corrected chi connectivity index (χ2v) is 6.48. The Morgan fingerprint density at radius 2 is 1.60 bits per heavy atom.